The number of rotatable bonds is 16. The van der Waals surface area contributed by atoms with Crippen molar-refractivity contribution in [1.82, 2.24) is 0 Å². The molecule has 3 heteroatoms. The highest BCUT2D eigenvalue weighted by Gasteiger charge is 1.98. The van der Waals surface area contributed by atoms with E-state index in [-0.39, 0.29) is 0 Å². The van der Waals surface area contributed by atoms with E-state index < -0.39 is 0 Å². The van der Waals surface area contributed by atoms with Crippen LogP contribution >= 0.6 is 12.2 Å². The highest BCUT2D eigenvalue weighted by molar-refractivity contribution is 7.80. The molecule has 1 aromatic rings. The molecule has 25 heavy (non-hydrogen) atoms. The second-order valence-corrected chi connectivity index (χ2v) is 7.42. The molecule has 2 nitrogen and oxygen atoms in total. The lowest BCUT2D eigenvalue weighted by atomic mass is 10.0. The summed E-state index contributed by atoms with van der Waals surface area (Å²) < 4.78 is 5.76. The lowest BCUT2D eigenvalue weighted by Gasteiger charge is -2.07. The minimum atomic E-state index is 0.433. The Labute approximate surface area is 160 Å². The Morgan fingerprint density at radius 2 is 1.20 bits per heavy atom. The number of hydrogen-bond donors (Lipinski definition) is 1. The van der Waals surface area contributed by atoms with E-state index in [1.54, 1.807) is 0 Å². The number of nitrogens with two attached hydrogens (primary N) is 1. The molecule has 0 unspecified atom stereocenters. The summed E-state index contributed by atoms with van der Waals surface area (Å²) in [4.78, 5) is 0.433. The molecule has 1 aromatic carbocycles. The van der Waals surface area contributed by atoms with Crippen LogP contribution < -0.4 is 10.5 Å². The van der Waals surface area contributed by atoms with Crippen LogP contribution in [-0.4, -0.2) is 11.6 Å². The molecule has 1 rings (SSSR count). The van der Waals surface area contributed by atoms with Crippen LogP contribution in [0.15, 0.2) is 24.3 Å². The van der Waals surface area contributed by atoms with Crippen LogP contribution in [0, 0.1) is 0 Å². The van der Waals surface area contributed by atoms with Crippen LogP contribution in [0.25, 0.3) is 0 Å². The minimum Gasteiger partial charge on any atom is -0.494 e. The maximum Gasteiger partial charge on any atom is 0.119 e. The van der Waals surface area contributed by atoms with Gasteiger partial charge >= 0.3 is 0 Å². The zero-order valence-electron chi connectivity index (χ0n) is 16.1. The Balaban J connectivity index is 1.85. The first-order valence-corrected chi connectivity index (χ1v) is 10.7. The molecule has 0 spiro atoms. The summed E-state index contributed by atoms with van der Waals surface area (Å²) in [5.74, 6) is 0.902. The lowest BCUT2D eigenvalue weighted by molar-refractivity contribution is 0.304. The first-order valence-electron chi connectivity index (χ1n) is 10.3. The number of hydrogen-bond acceptors (Lipinski definition) is 2. The zero-order chi connectivity index (χ0) is 18.2. The van der Waals surface area contributed by atoms with Crippen molar-refractivity contribution >= 4 is 17.2 Å². The monoisotopic (exact) mass is 363 g/mol. The number of ether oxygens (including phenoxy) is 1. The van der Waals surface area contributed by atoms with Gasteiger partial charge in [-0.05, 0) is 30.7 Å². The molecule has 0 bridgehead atoms. The van der Waals surface area contributed by atoms with Crippen molar-refractivity contribution in [2.45, 2.75) is 90.4 Å². The maximum atomic E-state index is 5.76. The molecule has 0 radical (unpaired) electrons. The van der Waals surface area contributed by atoms with E-state index in [4.69, 9.17) is 22.7 Å². The van der Waals surface area contributed by atoms with Gasteiger partial charge in [0.25, 0.3) is 0 Å². The SMILES string of the molecule is CCCCCCCCCCCCCCCOc1ccc(C(N)=S)cc1. The van der Waals surface area contributed by atoms with Crippen LogP contribution in [0.3, 0.4) is 0 Å². The molecule has 0 heterocycles. The van der Waals surface area contributed by atoms with Crippen molar-refractivity contribution < 1.29 is 4.74 Å². The van der Waals surface area contributed by atoms with E-state index in [0.717, 1.165) is 24.3 Å². The van der Waals surface area contributed by atoms with Gasteiger partial charge in [-0.3, -0.25) is 0 Å². The molecular formula is C22H37NOS. The van der Waals surface area contributed by atoms with Gasteiger partial charge in [-0.1, -0.05) is 96.2 Å². The second-order valence-electron chi connectivity index (χ2n) is 6.98. The first kappa shape index (κ1) is 22.0. The third-order valence-electron chi connectivity index (χ3n) is 4.66. The highest BCUT2D eigenvalue weighted by atomic mass is 32.1. The number of benzene rings is 1. The molecule has 0 aromatic heterocycles. The Morgan fingerprint density at radius 1 is 0.760 bits per heavy atom. The summed E-state index contributed by atoms with van der Waals surface area (Å²) in [6.07, 6.45) is 17.9. The predicted octanol–water partition coefficient (Wildman–Crippen LogP) is 6.79. The third-order valence-corrected chi connectivity index (χ3v) is 4.89. The average molecular weight is 364 g/mol. The van der Waals surface area contributed by atoms with E-state index >= 15 is 0 Å². The lowest BCUT2D eigenvalue weighted by Crippen LogP contribution is -2.08. The first-order chi connectivity index (χ1) is 12.2. The molecular weight excluding hydrogens is 326 g/mol. The van der Waals surface area contributed by atoms with Crippen molar-refractivity contribution in [2.75, 3.05) is 6.61 Å². The van der Waals surface area contributed by atoms with Crippen molar-refractivity contribution in [2.24, 2.45) is 5.73 Å². The van der Waals surface area contributed by atoms with Crippen LogP contribution in [0.2, 0.25) is 0 Å². The smallest absolute Gasteiger partial charge is 0.119 e. The molecule has 0 aliphatic carbocycles. The second kappa shape index (κ2) is 15.2. The zero-order valence-corrected chi connectivity index (χ0v) is 16.9. The fourth-order valence-corrected chi connectivity index (χ4v) is 3.16. The van der Waals surface area contributed by atoms with Crippen molar-refractivity contribution in [1.29, 1.82) is 0 Å². The Hall–Kier alpha value is -1.09. The molecule has 0 aliphatic heterocycles. The van der Waals surface area contributed by atoms with Crippen molar-refractivity contribution in [3.05, 3.63) is 29.8 Å². The fourth-order valence-electron chi connectivity index (χ4n) is 3.03. The Kier molecular flexibility index (Phi) is 13.3. The molecule has 0 saturated heterocycles. The van der Waals surface area contributed by atoms with Gasteiger partial charge in [-0.15, -0.1) is 0 Å². The maximum absolute atomic E-state index is 5.76. The minimum absolute atomic E-state index is 0.433. The topological polar surface area (TPSA) is 35.2 Å². The van der Waals surface area contributed by atoms with Gasteiger partial charge in [0.05, 0.1) is 6.61 Å². The van der Waals surface area contributed by atoms with E-state index in [9.17, 15) is 0 Å². The van der Waals surface area contributed by atoms with Gasteiger partial charge in [0.15, 0.2) is 0 Å². The summed E-state index contributed by atoms with van der Waals surface area (Å²) in [6.45, 7) is 3.08. The third kappa shape index (κ3) is 12.0. The molecule has 0 atom stereocenters. The molecule has 0 aliphatic rings. The molecule has 0 amide bonds. The van der Waals surface area contributed by atoms with Crippen LogP contribution in [0.1, 0.15) is 96.0 Å². The molecule has 0 fully saturated rings. The van der Waals surface area contributed by atoms with Crippen molar-refractivity contribution in [3.8, 4) is 5.75 Å². The summed E-state index contributed by atoms with van der Waals surface area (Å²) in [5, 5.41) is 0. The van der Waals surface area contributed by atoms with Crippen LogP contribution in [0.4, 0.5) is 0 Å². The predicted molar refractivity (Wildman–Crippen MR) is 114 cm³/mol. The fraction of sp³-hybridized carbons (Fsp3) is 0.682. The van der Waals surface area contributed by atoms with E-state index in [1.807, 2.05) is 24.3 Å². The van der Waals surface area contributed by atoms with Gasteiger partial charge in [0, 0.05) is 5.56 Å². The normalized spacial score (nSPS) is 10.8. The van der Waals surface area contributed by atoms with Gasteiger partial charge in [0.1, 0.15) is 10.7 Å². The highest BCUT2D eigenvalue weighted by Crippen LogP contribution is 2.14. The van der Waals surface area contributed by atoms with E-state index in [1.165, 1.54) is 77.0 Å². The van der Waals surface area contributed by atoms with Crippen molar-refractivity contribution in [3.63, 3.8) is 0 Å². The van der Waals surface area contributed by atoms with E-state index in [0.29, 0.717) is 4.99 Å². The standard InChI is InChI=1S/C22H37NOS/c1-2-3-4-5-6-7-8-9-10-11-12-13-14-19-24-21-17-15-20(16-18-21)22(23)25/h15-18H,2-14,19H2,1H3,(H2,23,25). The van der Waals surface area contributed by atoms with Gasteiger partial charge in [-0.25, -0.2) is 0 Å². The van der Waals surface area contributed by atoms with Crippen LogP contribution in [-0.2, 0) is 0 Å². The average Bonchev–Trinajstić information content (AvgIpc) is 2.62. The molecule has 2 N–H and O–H groups in total. The van der Waals surface area contributed by atoms with Gasteiger partial charge in [0.2, 0.25) is 0 Å². The Bertz CT molecular complexity index is 444. The largest absolute Gasteiger partial charge is 0.494 e. The van der Waals surface area contributed by atoms with Crippen LogP contribution in [0.5, 0.6) is 5.75 Å². The number of unbranched alkanes of at least 4 members (excludes halogenated alkanes) is 12. The molecule has 142 valence electrons. The summed E-state index contributed by atoms with van der Waals surface area (Å²) >= 11 is 4.94. The van der Waals surface area contributed by atoms with Gasteiger partial charge < -0.3 is 10.5 Å². The number of thiocarbonyl (C=S) groups is 1. The quantitative estimate of drug-likeness (QED) is 0.259. The van der Waals surface area contributed by atoms with Gasteiger partial charge in [-0.2, -0.15) is 0 Å². The summed E-state index contributed by atoms with van der Waals surface area (Å²) in [7, 11) is 0. The Morgan fingerprint density at radius 3 is 1.64 bits per heavy atom. The van der Waals surface area contributed by atoms with E-state index in [2.05, 4.69) is 6.92 Å². The summed E-state index contributed by atoms with van der Waals surface area (Å²) in [6, 6.07) is 7.72. The molecule has 0 saturated carbocycles. The summed E-state index contributed by atoms with van der Waals surface area (Å²) in [5.41, 5.74) is 6.48.